The summed E-state index contributed by atoms with van der Waals surface area (Å²) in [4.78, 5) is 36.9. The van der Waals surface area contributed by atoms with Gasteiger partial charge in [0.2, 0.25) is 11.8 Å². The van der Waals surface area contributed by atoms with Crippen LogP contribution in [-0.2, 0) is 16.0 Å². The minimum atomic E-state index is -0.763. The Hall–Kier alpha value is -3.55. The van der Waals surface area contributed by atoms with Crippen LogP contribution in [0.2, 0.25) is 0 Å². The van der Waals surface area contributed by atoms with Crippen molar-refractivity contribution in [3.63, 3.8) is 0 Å². The lowest BCUT2D eigenvalue weighted by Gasteiger charge is -2.14. The third-order valence-electron chi connectivity index (χ3n) is 4.90. The van der Waals surface area contributed by atoms with Crippen molar-refractivity contribution in [2.75, 3.05) is 26.1 Å². The molecule has 0 spiro atoms. The van der Waals surface area contributed by atoms with Crippen molar-refractivity contribution in [3.8, 4) is 11.5 Å². The van der Waals surface area contributed by atoms with Gasteiger partial charge >= 0.3 is 0 Å². The van der Waals surface area contributed by atoms with Crippen LogP contribution >= 0.6 is 0 Å². The molecule has 0 aromatic heterocycles. The average Bonchev–Trinajstić information content (AvgIpc) is 2.88. The van der Waals surface area contributed by atoms with Crippen LogP contribution in [0.15, 0.2) is 42.5 Å². The summed E-state index contributed by atoms with van der Waals surface area (Å²) < 4.78 is 10.5. The number of fused-ring (bicyclic) bond motifs is 1. The number of ether oxygens (including phenoxy) is 2. The van der Waals surface area contributed by atoms with Crippen molar-refractivity contribution >= 4 is 23.4 Å². The Balaban J connectivity index is 1.47. The van der Waals surface area contributed by atoms with Crippen LogP contribution < -0.4 is 25.4 Å². The van der Waals surface area contributed by atoms with E-state index in [2.05, 4.69) is 16.0 Å². The fourth-order valence-corrected chi connectivity index (χ4v) is 3.26. The van der Waals surface area contributed by atoms with Crippen LogP contribution in [0.25, 0.3) is 0 Å². The summed E-state index contributed by atoms with van der Waals surface area (Å²) in [5.41, 5.74) is 1.88. The Morgan fingerprint density at radius 2 is 1.83 bits per heavy atom. The van der Waals surface area contributed by atoms with Gasteiger partial charge in [0.1, 0.15) is 6.04 Å². The first kappa shape index (κ1) is 21.2. The molecule has 3 N–H and O–H groups in total. The second-order valence-electron chi connectivity index (χ2n) is 6.89. The first-order chi connectivity index (χ1) is 14.5. The predicted octanol–water partition coefficient (Wildman–Crippen LogP) is 1.89. The van der Waals surface area contributed by atoms with Gasteiger partial charge in [-0.2, -0.15) is 0 Å². The Bertz CT molecular complexity index is 944. The predicted molar refractivity (Wildman–Crippen MR) is 112 cm³/mol. The molecule has 2 aromatic carbocycles. The summed E-state index contributed by atoms with van der Waals surface area (Å²) in [6.45, 7) is 0.447. The molecule has 3 rings (SSSR count). The Kier molecular flexibility index (Phi) is 6.90. The summed E-state index contributed by atoms with van der Waals surface area (Å²) in [6.07, 6.45) is 0.969. The monoisotopic (exact) mass is 411 g/mol. The lowest BCUT2D eigenvalue weighted by molar-refractivity contribution is -0.121. The molecule has 0 unspecified atom stereocenters. The normalized spacial score (nSPS) is 15.3. The molecule has 2 aromatic rings. The van der Waals surface area contributed by atoms with Gasteiger partial charge in [-0.05, 0) is 42.7 Å². The van der Waals surface area contributed by atoms with Gasteiger partial charge in [-0.15, -0.1) is 0 Å². The van der Waals surface area contributed by atoms with Crippen molar-refractivity contribution in [2.24, 2.45) is 0 Å². The van der Waals surface area contributed by atoms with Crippen molar-refractivity contribution in [2.45, 2.75) is 25.3 Å². The maximum Gasteiger partial charge on any atom is 0.254 e. The minimum Gasteiger partial charge on any atom is -0.493 e. The smallest absolute Gasteiger partial charge is 0.254 e. The molecule has 8 nitrogen and oxygen atoms in total. The number of para-hydroxylation sites is 1. The van der Waals surface area contributed by atoms with Gasteiger partial charge in [0.05, 0.1) is 25.5 Å². The zero-order valence-electron chi connectivity index (χ0n) is 17.0. The second kappa shape index (κ2) is 9.78. The van der Waals surface area contributed by atoms with E-state index in [9.17, 15) is 14.4 Å². The standard InChI is InChI=1S/C22H25N3O5/c1-29-18-9-7-14(13-19(18)30-2)11-12-23-20(26)10-8-17-22(28)24-16-6-4-3-5-15(16)21(27)25-17/h3-7,9,13,17H,8,10-12H2,1-2H3,(H,23,26)(H,24,28)(H,25,27)/t17-/m0/s1. The molecule has 0 saturated carbocycles. The Labute approximate surface area is 174 Å². The molecule has 0 radical (unpaired) electrons. The number of benzene rings is 2. The number of nitrogens with one attached hydrogen (secondary N) is 3. The maximum atomic E-state index is 12.4. The first-order valence-electron chi connectivity index (χ1n) is 9.70. The Morgan fingerprint density at radius 1 is 1.07 bits per heavy atom. The second-order valence-corrected chi connectivity index (χ2v) is 6.89. The first-order valence-corrected chi connectivity index (χ1v) is 9.70. The van der Waals surface area contributed by atoms with Crippen molar-refractivity contribution in [3.05, 3.63) is 53.6 Å². The van der Waals surface area contributed by atoms with Crippen molar-refractivity contribution < 1.29 is 23.9 Å². The van der Waals surface area contributed by atoms with Crippen LogP contribution in [0, 0.1) is 0 Å². The van der Waals surface area contributed by atoms with Gasteiger partial charge in [0, 0.05) is 13.0 Å². The largest absolute Gasteiger partial charge is 0.493 e. The molecule has 0 fully saturated rings. The number of amides is 3. The zero-order valence-corrected chi connectivity index (χ0v) is 17.0. The topological polar surface area (TPSA) is 106 Å². The lowest BCUT2D eigenvalue weighted by Crippen LogP contribution is -2.42. The fourth-order valence-electron chi connectivity index (χ4n) is 3.26. The quantitative estimate of drug-likeness (QED) is 0.615. The van der Waals surface area contributed by atoms with Crippen LogP contribution in [0.3, 0.4) is 0 Å². The van der Waals surface area contributed by atoms with Crippen LogP contribution in [-0.4, -0.2) is 44.5 Å². The van der Waals surface area contributed by atoms with E-state index in [1.165, 1.54) is 0 Å². The number of methoxy groups -OCH3 is 2. The van der Waals surface area contributed by atoms with E-state index in [0.29, 0.717) is 35.7 Å². The molecule has 1 heterocycles. The molecule has 8 heteroatoms. The molecule has 30 heavy (non-hydrogen) atoms. The summed E-state index contributed by atoms with van der Waals surface area (Å²) in [5, 5.41) is 8.26. The molecule has 1 aliphatic rings. The highest BCUT2D eigenvalue weighted by molar-refractivity contribution is 6.09. The average molecular weight is 411 g/mol. The van der Waals surface area contributed by atoms with Crippen LogP contribution in [0.5, 0.6) is 11.5 Å². The number of rotatable bonds is 8. The highest BCUT2D eigenvalue weighted by Gasteiger charge is 2.27. The molecule has 1 aliphatic heterocycles. The highest BCUT2D eigenvalue weighted by atomic mass is 16.5. The molecule has 0 saturated heterocycles. The number of hydrogen-bond donors (Lipinski definition) is 3. The SMILES string of the molecule is COc1ccc(CCNC(=O)CC[C@@H]2NC(=O)c3ccccc3NC2=O)cc1OC. The van der Waals surface area contributed by atoms with E-state index >= 15 is 0 Å². The van der Waals surface area contributed by atoms with E-state index in [-0.39, 0.29) is 30.6 Å². The summed E-state index contributed by atoms with van der Waals surface area (Å²) in [5.74, 6) is 0.446. The van der Waals surface area contributed by atoms with E-state index in [0.717, 1.165) is 5.56 Å². The van der Waals surface area contributed by atoms with Gasteiger partial charge in [0.15, 0.2) is 11.5 Å². The number of hydrogen-bond acceptors (Lipinski definition) is 5. The van der Waals surface area contributed by atoms with Crippen molar-refractivity contribution in [1.29, 1.82) is 0 Å². The van der Waals surface area contributed by atoms with E-state index in [4.69, 9.17) is 9.47 Å². The molecular formula is C22H25N3O5. The van der Waals surface area contributed by atoms with Crippen LogP contribution in [0.1, 0.15) is 28.8 Å². The van der Waals surface area contributed by atoms with Gasteiger partial charge in [-0.1, -0.05) is 18.2 Å². The summed E-state index contributed by atoms with van der Waals surface area (Å²) >= 11 is 0. The number of carbonyl (C=O) groups excluding carboxylic acids is 3. The fraction of sp³-hybridized carbons (Fsp3) is 0.318. The van der Waals surface area contributed by atoms with E-state index in [1.807, 2.05) is 18.2 Å². The van der Waals surface area contributed by atoms with Gasteiger partial charge in [0.25, 0.3) is 5.91 Å². The third kappa shape index (κ3) is 5.08. The van der Waals surface area contributed by atoms with Gasteiger partial charge in [-0.25, -0.2) is 0 Å². The molecule has 0 bridgehead atoms. The van der Waals surface area contributed by atoms with Crippen molar-refractivity contribution in [1.82, 2.24) is 10.6 Å². The molecule has 158 valence electrons. The Morgan fingerprint density at radius 3 is 2.60 bits per heavy atom. The van der Waals surface area contributed by atoms with Gasteiger partial charge < -0.3 is 25.4 Å². The zero-order chi connectivity index (χ0) is 21.5. The molecule has 1 atom stereocenters. The third-order valence-corrected chi connectivity index (χ3v) is 4.90. The van der Waals surface area contributed by atoms with E-state index in [1.54, 1.807) is 38.5 Å². The molecule has 3 amide bonds. The van der Waals surface area contributed by atoms with E-state index < -0.39 is 6.04 Å². The molecular weight excluding hydrogens is 386 g/mol. The van der Waals surface area contributed by atoms with Crippen LogP contribution in [0.4, 0.5) is 5.69 Å². The number of carbonyl (C=O) groups is 3. The number of anilines is 1. The minimum absolute atomic E-state index is 0.126. The summed E-state index contributed by atoms with van der Waals surface area (Å²) in [6, 6.07) is 11.6. The maximum absolute atomic E-state index is 12.4. The highest BCUT2D eigenvalue weighted by Crippen LogP contribution is 2.27. The molecule has 0 aliphatic carbocycles. The lowest BCUT2D eigenvalue weighted by atomic mass is 10.1. The van der Waals surface area contributed by atoms with Gasteiger partial charge in [-0.3, -0.25) is 14.4 Å². The summed E-state index contributed by atoms with van der Waals surface area (Å²) in [7, 11) is 3.15.